The fraction of sp³-hybridized carbons (Fsp3) is 0.200. The molecule has 2 aromatic carbocycles. The molecule has 0 aliphatic carbocycles. The van der Waals surface area contributed by atoms with E-state index in [1.54, 1.807) is 19.1 Å². The van der Waals surface area contributed by atoms with Gasteiger partial charge in [0.1, 0.15) is 12.3 Å². The first-order valence-electron chi connectivity index (χ1n) is 8.76. The van der Waals surface area contributed by atoms with Crippen LogP contribution in [0.2, 0.25) is 5.02 Å². The Morgan fingerprint density at radius 2 is 1.90 bits per heavy atom. The number of nitro benzene ring substituents is 1. The van der Waals surface area contributed by atoms with Crippen molar-refractivity contribution in [3.63, 3.8) is 0 Å². The minimum Gasteiger partial charge on any atom is -0.490 e. The van der Waals surface area contributed by atoms with E-state index in [9.17, 15) is 24.8 Å². The highest BCUT2D eigenvalue weighted by atomic mass is 35.5. The van der Waals surface area contributed by atoms with Crippen LogP contribution in [0.4, 0.5) is 5.69 Å². The zero-order chi connectivity index (χ0) is 22.3. The van der Waals surface area contributed by atoms with E-state index in [1.165, 1.54) is 37.3 Å². The van der Waals surface area contributed by atoms with Gasteiger partial charge in [0.25, 0.3) is 5.69 Å². The maximum Gasteiger partial charge on any atom is 0.352 e. The third-order valence-corrected chi connectivity index (χ3v) is 3.99. The molecule has 0 saturated carbocycles. The number of halogens is 1. The number of non-ortho nitro benzene ring substituents is 1. The number of carbonyl (C=O) groups excluding carboxylic acids is 1. The number of nitro groups is 1. The lowest BCUT2D eigenvalue weighted by molar-refractivity contribution is -0.384. The summed E-state index contributed by atoms with van der Waals surface area (Å²) in [6, 6.07) is 8.87. The van der Waals surface area contributed by atoms with E-state index in [4.69, 9.17) is 21.1 Å². The van der Waals surface area contributed by atoms with E-state index in [1.807, 2.05) is 0 Å². The summed E-state index contributed by atoms with van der Waals surface area (Å²) in [5, 5.41) is 22.4. The van der Waals surface area contributed by atoms with Crippen LogP contribution in [-0.2, 0) is 16.2 Å². The van der Waals surface area contributed by atoms with Crippen LogP contribution in [0, 0.1) is 10.1 Å². The minimum atomic E-state index is -1.31. The summed E-state index contributed by atoms with van der Waals surface area (Å²) in [5.41, 5.74) is 0.719. The van der Waals surface area contributed by atoms with Crippen LogP contribution in [0.15, 0.2) is 42.1 Å². The van der Waals surface area contributed by atoms with E-state index >= 15 is 0 Å². The van der Waals surface area contributed by atoms with Crippen LogP contribution < -0.4 is 14.8 Å². The second-order valence-electron chi connectivity index (χ2n) is 6.02. The third-order valence-electron chi connectivity index (χ3n) is 3.71. The van der Waals surface area contributed by atoms with Gasteiger partial charge in [-0.15, -0.1) is 0 Å². The molecule has 0 unspecified atom stereocenters. The highest BCUT2D eigenvalue weighted by Crippen LogP contribution is 2.38. The van der Waals surface area contributed by atoms with Gasteiger partial charge in [0.05, 0.1) is 16.6 Å². The monoisotopic (exact) mass is 434 g/mol. The van der Waals surface area contributed by atoms with E-state index in [0.29, 0.717) is 17.7 Å². The van der Waals surface area contributed by atoms with Crippen molar-refractivity contribution in [2.45, 2.75) is 20.5 Å². The molecule has 2 rings (SSSR count). The number of benzene rings is 2. The number of aliphatic carboxylic acids is 1. The van der Waals surface area contributed by atoms with Crippen molar-refractivity contribution < 1.29 is 29.1 Å². The first-order valence-corrected chi connectivity index (χ1v) is 9.14. The van der Waals surface area contributed by atoms with Crippen molar-refractivity contribution in [1.82, 2.24) is 5.32 Å². The highest BCUT2D eigenvalue weighted by molar-refractivity contribution is 6.32. The summed E-state index contributed by atoms with van der Waals surface area (Å²) in [7, 11) is 0. The van der Waals surface area contributed by atoms with Gasteiger partial charge in [-0.25, -0.2) is 4.79 Å². The summed E-state index contributed by atoms with van der Waals surface area (Å²) >= 11 is 6.31. The lowest BCUT2D eigenvalue weighted by atomic mass is 10.1. The molecule has 2 N–H and O–H groups in total. The van der Waals surface area contributed by atoms with Crippen LogP contribution in [0.25, 0.3) is 6.08 Å². The molecule has 0 aliphatic rings. The quantitative estimate of drug-likeness (QED) is 0.349. The average Bonchev–Trinajstić information content (AvgIpc) is 2.67. The summed E-state index contributed by atoms with van der Waals surface area (Å²) in [4.78, 5) is 32.8. The fourth-order valence-corrected chi connectivity index (χ4v) is 2.72. The zero-order valence-corrected chi connectivity index (χ0v) is 16.9. The molecule has 0 fully saturated rings. The van der Waals surface area contributed by atoms with Crippen LogP contribution >= 0.6 is 11.6 Å². The van der Waals surface area contributed by atoms with Crippen LogP contribution in [-0.4, -0.2) is 28.5 Å². The molecular weight excluding hydrogens is 416 g/mol. The second kappa shape index (κ2) is 10.3. The molecule has 30 heavy (non-hydrogen) atoms. The molecule has 0 aliphatic heterocycles. The number of ether oxygens (including phenoxy) is 2. The van der Waals surface area contributed by atoms with E-state index in [0.717, 1.165) is 0 Å². The molecule has 0 spiro atoms. The number of amides is 1. The molecule has 0 saturated heterocycles. The predicted molar refractivity (Wildman–Crippen MR) is 109 cm³/mol. The molecule has 0 bridgehead atoms. The fourth-order valence-electron chi connectivity index (χ4n) is 2.45. The Morgan fingerprint density at radius 1 is 1.23 bits per heavy atom. The van der Waals surface area contributed by atoms with Gasteiger partial charge in [-0.1, -0.05) is 11.6 Å². The van der Waals surface area contributed by atoms with Crippen LogP contribution in [0.5, 0.6) is 11.5 Å². The van der Waals surface area contributed by atoms with Gasteiger partial charge in [-0.2, -0.15) is 0 Å². The second-order valence-corrected chi connectivity index (χ2v) is 6.43. The highest BCUT2D eigenvalue weighted by Gasteiger charge is 2.15. The van der Waals surface area contributed by atoms with Crippen molar-refractivity contribution in [1.29, 1.82) is 0 Å². The number of nitrogens with one attached hydrogen (secondary N) is 1. The van der Waals surface area contributed by atoms with Gasteiger partial charge in [0.15, 0.2) is 11.5 Å². The van der Waals surface area contributed by atoms with Gasteiger partial charge in [-0.3, -0.25) is 14.9 Å². The van der Waals surface area contributed by atoms with Crippen LogP contribution in [0.3, 0.4) is 0 Å². The Bertz CT molecular complexity index is 987. The zero-order valence-electron chi connectivity index (χ0n) is 16.2. The first-order chi connectivity index (χ1) is 14.2. The number of nitrogens with zero attached hydrogens (tertiary/aromatic N) is 1. The molecule has 158 valence electrons. The number of carboxylic acids is 1. The number of carbonyl (C=O) groups is 2. The maximum atomic E-state index is 11.3. The Morgan fingerprint density at radius 3 is 2.43 bits per heavy atom. The molecule has 2 aromatic rings. The third kappa shape index (κ3) is 6.21. The number of carboxylic acid groups (broad SMARTS) is 1. The Balaban J connectivity index is 2.30. The summed E-state index contributed by atoms with van der Waals surface area (Å²) in [5.74, 6) is -1.31. The molecule has 0 heterocycles. The SMILES string of the molecule is CCOc1cc(/C=C(/NC(C)=O)C(=O)O)cc(Cl)c1OCc1ccc([N+](=O)[O-])cc1. The number of rotatable bonds is 9. The Kier molecular flexibility index (Phi) is 7.76. The van der Waals surface area contributed by atoms with Gasteiger partial charge in [0.2, 0.25) is 5.91 Å². The van der Waals surface area contributed by atoms with Crippen molar-refractivity contribution in [2.24, 2.45) is 0 Å². The number of hydrogen-bond acceptors (Lipinski definition) is 6. The molecule has 9 nitrogen and oxygen atoms in total. The standard InChI is InChI=1S/C20H19ClN2O7/c1-3-29-18-10-14(9-17(20(25)26)22-12(2)24)8-16(21)19(18)30-11-13-4-6-15(7-5-13)23(27)28/h4-10H,3,11H2,1-2H3,(H,22,24)(H,25,26)/b17-9+. The van der Waals surface area contributed by atoms with Crippen molar-refractivity contribution in [2.75, 3.05) is 6.61 Å². The minimum absolute atomic E-state index is 0.0312. The van der Waals surface area contributed by atoms with Gasteiger partial charge in [-0.05, 0) is 48.4 Å². The molecule has 10 heteroatoms. The normalized spacial score (nSPS) is 11.0. The van der Waals surface area contributed by atoms with Crippen LogP contribution in [0.1, 0.15) is 25.0 Å². The largest absolute Gasteiger partial charge is 0.490 e. The Hall–Kier alpha value is -3.59. The van der Waals surface area contributed by atoms with Crippen molar-refractivity contribution >= 4 is 35.2 Å². The van der Waals surface area contributed by atoms with Gasteiger partial charge >= 0.3 is 5.97 Å². The van der Waals surface area contributed by atoms with Crippen molar-refractivity contribution in [3.05, 3.63) is 68.4 Å². The first kappa shape index (κ1) is 22.7. The molecule has 0 atom stereocenters. The predicted octanol–water partition coefficient (Wildman–Crippen LogP) is 3.79. The Labute approximate surface area is 177 Å². The molecule has 0 radical (unpaired) electrons. The average molecular weight is 435 g/mol. The van der Waals surface area contributed by atoms with Crippen molar-refractivity contribution in [3.8, 4) is 11.5 Å². The van der Waals surface area contributed by atoms with E-state index < -0.39 is 16.8 Å². The summed E-state index contributed by atoms with van der Waals surface area (Å²) in [6.07, 6.45) is 1.25. The van der Waals surface area contributed by atoms with Gasteiger partial charge < -0.3 is 19.9 Å². The van der Waals surface area contributed by atoms with Gasteiger partial charge in [0, 0.05) is 19.1 Å². The number of hydrogen-bond donors (Lipinski definition) is 2. The smallest absolute Gasteiger partial charge is 0.352 e. The maximum absolute atomic E-state index is 11.3. The summed E-state index contributed by atoms with van der Waals surface area (Å²) in [6.45, 7) is 3.34. The lowest BCUT2D eigenvalue weighted by Gasteiger charge is -2.15. The summed E-state index contributed by atoms with van der Waals surface area (Å²) < 4.78 is 11.3. The molecular formula is C20H19ClN2O7. The molecule has 0 aromatic heterocycles. The topological polar surface area (TPSA) is 128 Å². The van der Waals surface area contributed by atoms with E-state index in [-0.39, 0.29) is 34.5 Å². The van der Waals surface area contributed by atoms with E-state index in [2.05, 4.69) is 5.32 Å². The molecule has 1 amide bonds. The lowest BCUT2D eigenvalue weighted by Crippen LogP contribution is -2.24.